The van der Waals surface area contributed by atoms with E-state index in [1.165, 1.54) is 10.4 Å². The molecule has 1 unspecified atom stereocenters. The van der Waals surface area contributed by atoms with Crippen molar-refractivity contribution < 1.29 is 17.9 Å². The maximum Gasteiger partial charge on any atom is 0.243 e. The van der Waals surface area contributed by atoms with Crippen LogP contribution in [0.5, 0.6) is 5.75 Å². The molecule has 2 N–H and O–H groups in total. The number of hydrogen-bond acceptors (Lipinski definition) is 5. The highest BCUT2D eigenvalue weighted by molar-refractivity contribution is 7.89. The van der Waals surface area contributed by atoms with Gasteiger partial charge in [-0.05, 0) is 44.9 Å². The summed E-state index contributed by atoms with van der Waals surface area (Å²) < 4.78 is 38.8. The number of piperidine rings is 1. The van der Waals surface area contributed by atoms with Crippen molar-refractivity contribution in [3.63, 3.8) is 0 Å². The number of rotatable bonds is 6. The molecule has 2 aliphatic heterocycles. The van der Waals surface area contributed by atoms with Crippen molar-refractivity contribution in [2.75, 3.05) is 26.2 Å². The quantitative estimate of drug-likeness (QED) is 0.709. The van der Waals surface area contributed by atoms with Gasteiger partial charge in [-0.15, -0.1) is 12.4 Å². The van der Waals surface area contributed by atoms with E-state index in [9.17, 15) is 8.42 Å². The Kier molecular flexibility index (Phi) is 7.59. The van der Waals surface area contributed by atoms with Crippen LogP contribution in [0.2, 0.25) is 5.02 Å². The number of benzene rings is 1. The van der Waals surface area contributed by atoms with Crippen LogP contribution in [0.3, 0.4) is 0 Å². The fourth-order valence-corrected chi connectivity index (χ4v) is 5.23. The lowest BCUT2D eigenvalue weighted by molar-refractivity contribution is 0.0209. The topological polar surface area (TPSA) is 81.9 Å². The zero-order chi connectivity index (χ0) is 18.0. The van der Waals surface area contributed by atoms with E-state index >= 15 is 0 Å². The molecule has 1 fully saturated rings. The van der Waals surface area contributed by atoms with Crippen LogP contribution >= 0.6 is 24.0 Å². The second kappa shape index (κ2) is 9.08. The first-order valence-corrected chi connectivity index (χ1v) is 10.5. The van der Waals surface area contributed by atoms with Gasteiger partial charge in [-0.1, -0.05) is 11.6 Å². The summed E-state index contributed by atoms with van der Waals surface area (Å²) in [6, 6.07) is 3.20. The summed E-state index contributed by atoms with van der Waals surface area (Å²) in [5, 5.41) is 0.362. The van der Waals surface area contributed by atoms with Crippen LogP contribution in [0.4, 0.5) is 0 Å². The molecule has 0 radical (unpaired) electrons. The zero-order valence-electron chi connectivity index (χ0n) is 14.8. The van der Waals surface area contributed by atoms with Crippen molar-refractivity contribution in [1.29, 1.82) is 0 Å². The van der Waals surface area contributed by atoms with Gasteiger partial charge in [0, 0.05) is 31.7 Å². The third-order valence-corrected chi connectivity index (χ3v) is 6.82. The predicted octanol–water partition coefficient (Wildman–Crippen LogP) is 2.60. The number of halogens is 2. The van der Waals surface area contributed by atoms with Crippen LogP contribution in [-0.4, -0.2) is 51.2 Å². The summed E-state index contributed by atoms with van der Waals surface area (Å²) >= 11 is 6.24. The Hall–Kier alpha value is -0.570. The van der Waals surface area contributed by atoms with Gasteiger partial charge in [-0.2, -0.15) is 4.31 Å². The molecule has 1 atom stereocenters. The molecule has 0 amide bonds. The van der Waals surface area contributed by atoms with Gasteiger partial charge >= 0.3 is 0 Å². The van der Waals surface area contributed by atoms with E-state index in [1.54, 1.807) is 6.07 Å². The number of nitrogens with two attached hydrogens (primary N) is 1. The summed E-state index contributed by atoms with van der Waals surface area (Å²) in [5.41, 5.74) is 6.32. The summed E-state index contributed by atoms with van der Waals surface area (Å²) in [7, 11) is -3.55. The number of sulfonamides is 1. The van der Waals surface area contributed by atoms with Crippen LogP contribution in [0.1, 0.15) is 31.7 Å². The third kappa shape index (κ3) is 4.64. The number of nitrogens with zero attached hydrogens (tertiary/aromatic N) is 1. The summed E-state index contributed by atoms with van der Waals surface area (Å²) in [5.74, 6) is 0.611. The van der Waals surface area contributed by atoms with E-state index in [0.717, 1.165) is 12.0 Å². The van der Waals surface area contributed by atoms with Crippen LogP contribution in [0.15, 0.2) is 17.0 Å². The largest absolute Gasteiger partial charge is 0.489 e. The van der Waals surface area contributed by atoms with Gasteiger partial charge < -0.3 is 15.2 Å². The van der Waals surface area contributed by atoms with Crippen LogP contribution in [0, 0.1) is 0 Å². The van der Waals surface area contributed by atoms with E-state index in [4.69, 9.17) is 26.8 Å². The van der Waals surface area contributed by atoms with Gasteiger partial charge in [0.15, 0.2) is 0 Å². The maximum absolute atomic E-state index is 13.0. The highest BCUT2D eigenvalue weighted by Gasteiger charge is 2.32. The number of ether oxygens (including phenoxy) is 2. The molecule has 1 aromatic carbocycles. The second-order valence-corrected chi connectivity index (χ2v) is 8.99. The smallest absolute Gasteiger partial charge is 0.243 e. The average Bonchev–Trinajstić information content (AvgIpc) is 2.96. The molecular formula is C17H26Cl2N2O4S. The standard InChI is InChI=1S/C17H25ClN2O4S.ClH/c1-12-9-13-10-15(11-16(18)17(13)24-12)25(21,22)20-6-3-14(4-7-20)23-8-2-5-19;/h10-12,14H,2-9,19H2,1H3;1H. The van der Waals surface area contributed by atoms with Crippen molar-refractivity contribution in [2.24, 2.45) is 5.73 Å². The van der Waals surface area contributed by atoms with Gasteiger partial charge in [-0.25, -0.2) is 8.42 Å². The molecule has 0 saturated carbocycles. The molecule has 1 aromatic rings. The van der Waals surface area contributed by atoms with Gasteiger partial charge in [0.25, 0.3) is 0 Å². The molecule has 0 spiro atoms. The normalized spacial score (nSPS) is 21.1. The molecule has 3 rings (SSSR count). The summed E-state index contributed by atoms with van der Waals surface area (Å²) in [6.45, 7) is 4.09. The lowest BCUT2D eigenvalue weighted by Gasteiger charge is -2.31. The molecule has 0 bridgehead atoms. The van der Waals surface area contributed by atoms with E-state index in [1.807, 2.05) is 6.92 Å². The van der Waals surface area contributed by atoms with Gasteiger partial charge in [0.05, 0.1) is 16.0 Å². The molecule has 1 saturated heterocycles. The second-order valence-electron chi connectivity index (χ2n) is 6.64. The number of fused-ring (bicyclic) bond motifs is 1. The molecule has 2 heterocycles. The van der Waals surface area contributed by atoms with E-state index in [0.29, 0.717) is 56.3 Å². The maximum atomic E-state index is 13.0. The number of hydrogen-bond donors (Lipinski definition) is 1. The van der Waals surface area contributed by atoms with Crippen LogP contribution < -0.4 is 10.5 Å². The zero-order valence-corrected chi connectivity index (χ0v) is 17.2. The van der Waals surface area contributed by atoms with E-state index in [2.05, 4.69) is 0 Å². The van der Waals surface area contributed by atoms with Crippen LogP contribution in [-0.2, 0) is 21.2 Å². The first-order valence-electron chi connectivity index (χ1n) is 8.72. The Balaban J connectivity index is 0.00000243. The molecule has 148 valence electrons. The Bertz CT molecular complexity index is 722. The lowest BCUT2D eigenvalue weighted by Crippen LogP contribution is -2.41. The van der Waals surface area contributed by atoms with Crippen molar-refractivity contribution in [3.8, 4) is 5.75 Å². The summed E-state index contributed by atoms with van der Waals surface area (Å²) in [4.78, 5) is 0.247. The van der Waals surface area contributed by atoms with Crippen molar-refractivity contribution >= 4 is 34.0 Å². The Morgan fingerprint density at radius 3 is 2.69 bits per heavy atom. The average molecular weight is 425 g/mol. The van der Waals surface area contributed by atoms with Crippen molar-refractivity contribution in [3.05, 3.63) is 22.7 Å². The third-order valence-electron chi connectivity index (χ3n) is 4.66. The first-order chi connectivity index (χ1) is 11.9. The lowest BCUT2D eigenvalue weighted by atomic mass is 10.1. The molecule has 0 aromatic heterocycles. The van der Waals surface area contributed by atoms with Gasteiger partial charge in [0.2, 0.25) is 10.0 Å². The minimum Gasteiger partial charge on any atom is -0.489 e. The molecule has 9 heteroatoms. The van der Waals surface area contributed by atoms with Crippen LogP contribution in [0.25, 0.3) is 0 Å². The Labute approximate surface area is 166 Å². The monoisotopic (exact) mass is 424 g/mol. The van der Waals surface area contributed by atoms with Gasteiger partial charge in [0.1, 0.15) is 11.9 Å². The Morgan fingerprint density at radius 2 is 2.04 bits per heavy atom. The Morgan fingerprint density at radius 1 is 1.35 bits per heavy atom. The van der Waals surface area contributed by atoms with Gasteiger partial charge in [-0.3, -0.25) is 0 Å². The van der Waals surface area contributed by atoms with E-state index < -0.39 is 10.0 Å². The van der Waals surface area contributed by atoms with E-state index in [-0.39, 0.29) is 29.5 Å². The summed E-state index contributed by atoms with van der Waals surface area (Å²) in [6.07, 6.45) is 3.02. The molecular weight excluding hydrogens is 399 g/mol. The molecule has 6 nitrogen and oxygen atoms in total. The minimum atomic E-state index is -3.55. The minimum absolute atomic E-state index is 0. The fourth-order valence-electron chi connectivity index (χ4n) is 3.33. The van der Waals surface area contributed by atoms with Crippen molar-refractivity contribution in [2.45, 2.75) is 49.7 Å². The highest BCUT2D eigenvalue weighted by atomic mass is 35.5. The highest BCUT2D eigenvalue weighted by Crippen LogP contribution is 2.38. The molecule has 26 heavy (non-hydrogen) atoms. The van der Waals surface area contributed by atoms with Crippen molar-refractivity contribution in [1.82, 2.24) is 4.31 Å². The molecule has 0 aliphatic carbocycles. The first kappa shape index (κ1) is 21.7. The fraction of sp³-hybridized carbons (Fsp3) is 0.647. The molecule has 2 aliphatic rings. The predicted molar refractivity (Wildman–Crippen MR) is 104 cm³/mol. The SMILES string of the molecule is CC1Cc2cc(S(=O)(=O)N3CCC(OCCCN)CC3)cc(Cl)c2O1.Cl.